The molecule has 214 valence electrons. The topological polar surface area (TPSA) is 103 Å². The predicted molar refractivity (Wildman–Crippen MR) is 161 cm³/mol. The Morgan fingerprint density at radius 1 is 0.976 bits per heavy atom. The van der Waals surface area contributed by atoms with Gasteiger partial charge in [0, 0.05) is 24.7 Å². The highest BCUT2D eigenvalue weighted by Crippen LogP contribution is 2.25. The molecule has 0 radical (unpaired) electrons. The zero-order chi connectivity index (χ0) is 28.8. The number of rotatable bonds is 10. The molecule has 0 bridgehead atoms. The Bertz CT molecular complexity index is 1630. The molecule has 3 aromatic carbocycles. The molecule has 1 aliphatic heterocycles. The summed E-state index contributed by atoms with van der Waals surface area (Å²) < 4.78 is 30.1. The summed E-state index contributed by atoms with van der Waals surface area (Å²) in [6, 6.07) is 25.1. The van der Waals surface area contributed by atoms with Crippen LogP contribution in [0.15, 0.2) is 101 Å². The lowest BCUT2D eigenvalue weighted by Gasteiger charge is -2.32. The lowest BCUT2D eigenvalue weighted by molar-refractivity contribution is -0.134. The van der Waals surface area contributed by atoms with Crippen LogP contribution in [0.1, 0.15) is 36.4 Å². The van der Waals surface area contributed by atoms with Gasteiger partial charge in [-0.15, -0.1) is 0 Å². The summed E-state index contributed by atoms with van der Waals surface area (Å²) in [6.07, 6.45) is 3.04. The van der Waals surface area contributed by atoms with Crippen molar-refractivity contribution < 1.29 is 13.2 Å². The molecule has 1 atom stereocenters. The lowest BCUT2D eigenvalue weighted by atomic mass is 9.93. The predicted octanol–water partition coefficient (Wildman–Crippen LogP) is 4.31. The van der Waals surface area contributed by atoms with Gasteiger partial charge in [-0.05, 0) is 86.1 Å². The zero-order valence-corrected chi connectivity index (χ0v) is 24.0. The van der Waals surface area contributed by atoms with Gasteiger partial charge < -0.3 is 14.8 Å². The van der Waals surface area contributed by atoms with Crippen LogP contribution < -0.4 is 10.3 Å². The van der Waals surface area contributed by atoms with Crippen molar-refractivity contribution in [3.05, 3.63) is 112 Å². The van der Waals surface area contributed by atoms with Gasteiger partial charge in [0.25, 0.3) is 0 Å². The molecule has 8 nitrogen and oxygen atoms in total. The van der Waals surface area contributed by atoms with Gasteiger partial charge in [0.2, 0.25) is 21.5 Å². The maximum Gasteiger partial charge on any atom is 0.248 e. The minimum atomic E-state index is -4.10. The van der Waals surface area contributed by atoms with E-state index < -0.39 is 16.1 Å². The van der Waals surface area contributed by atoms with Crippen molar-refractivity contribution in [1.29, 1.82) is 0 Å². The first-order valence-corrected chi connectivity index (χ1v) is 15.5. The summed E-state index contributed by atoms with van der Waals surface area (Å²) in [5.41, 5.74) is 1.83. The number of hydrogen-bond donors (Lipinski definition) is 2. The number of hydrogen-bond acceptors (Lipinski definition) is 5. The quantitative estimate of drug-likeness (QED) is 0.295. The van der Waals surface area contributed by atoms with Gasteiger partial charge in [0.15, 0.2) is 0 Å². The maximum atomic E-state index is 14.3. The molecule has 0 aliphatic carbocycles. The number of H-pyrrole nitrogens is 1. The summed E-state index contributed by atoms with van der Waals surface area (Å²) in [5.74, 6) is 0.231. The van der Waals surface area contributed by atoms with E-state index in [-0.39, 0.29) is 16.4 Å². The van der Waals surface area contributed by atoms with Crippen LogP contribution in [0.3, 0.4) is 0 Å². The fourth-order valence-corrected chi connectivity index (χ4v) is 6.58. The van der Waals surface area contributed by atoms with Crippen LogP contribution in [0.5, 0.6) is 0 Å². The number of nitrogens with zero attached hydrogens (tertiary/aromatic N) is 2. The number of benzene rings is 3. The molecule has 0 saturated carbocycles. The third-order valence-corrected chi connectivity index (χ3v) is 9.25. The highest BCUT2D eigenvalue weighted by atomic mass is 32.2. The Labute approximate surface area is 241 Å². The Hall–Kier alpha value is -3.79. The van der Waals surface area contributed by atoms with E-state index in [4.69, 9.17) is 0 Å². The fraction of sp³-hybridized carbons (Fsp3) is 0.312. The molecule has 9 heteroatoms. The Morgan fingerprint density at radius 3 is 2.37 bits per heavy atom. The molecule has 1 amide bonds. The Morgan fingerprint density at radius 2 is 1.66 bits per heavy atom. The molecule has 1 aliphatic rings. The van der Waals surface area contributed by atoms with Crippen molar-refractivity contribution in [2.75, 3.05) is 26.7 Å². The van der Waals surface area contributed by atoms with Gasteiger partial charge in [0.05, 0.1) is 4.90 Å². The molecule has 41 heavy (non-hydrogen) atoms. The average Bonchev–Trinajstić information content (AvgIpc) is 2.99. The van der Waals surface area contributed by atoms with Crippen molar-refractivity contribution in [3.63, 3.8) is 0 Å². The Balaban J connectivity index is 1.44. The molecule has 1 fully saturated rings. The Kier molecular flexibility index (Phi) is 8.97. The third-order valence-electron chi connectivity index (χ3n) is 7.83. The van der Waals surface area contributed by atoms with Crippen LogP contribution >= 0.6 is 0 Å². The summed E-state index contributed by atoms with van der Waals surface area (Å²) in [7, 11) is -1.97. The number of pyridine rings is 1. The van der Waals surface area contributed by atoms with Gasteiger partial charge >= 0.3 is 0 Å². The zero-order valence-electron chi connectivity index (χ0n) is 23.2. The van der Waals surface area contributed by atoms with Crippen molar-refractivity contribution in [3.8, 4) is 0 Å². The lowest BCUT2D eigenvalue weighted by Crippen LogP contribution is -2.43. The second-order valence-electron chi connectivity index (χ2n) is 10.8. The molecule has 1 unspecified atom stereocenters. The van der Waals surface area contributed by atoms with E-state index in [0.717, 1.165) is 37.9 Å². The average molecular weight is 573 g/mol. The molecule has 4 aromatic rings. The van der Waals surface area contributed by atoms with Crippen LogP contribution in [0.25, 0.3) is 10.9 Å². The maximum absolute atomic E-state index is 14.3. The van der Waals surface area contributed by atoms with E-state index in [2.05, 4.69) is 21.7 Å². The highest BCUT2D eigenvalue weighted by molar-refractivity contribution is 7.89. The fourth-order valence-electron chi connectivity index (χ4n) is 5.37. The third kappa shape index (κ3) is 7.30. The number of amides is 1. The van der Waals surface area contributed by atoms with Gasteiger partial charge in [0.1, 0.15) is 6.04 Å². The van der Waals surface area contributed by atoms with Crippen molar-refractivity contribution in [1.82, 2.24) is 19.5 Å². The van der Waals surface area contributed by atoms with Gasteiger partial charge in [-0.2, -0.15) is 4.72 Å². The van der Waals surface area contributed by atoms with Crippen molar-refractivity contribution >= 4 is 26.8 Å². The normalized spacial score (nSPS) is 15.5. The van der Waals surface area contributed by atoms with E-state index in [9.17, 15) is 18.0 Å². The van der Waals surface area contributed by atoms with Crippen molar-refractivity contribution in [2.24, 2.45) is 5.92 Å². The van der Waals surface area contributed by atoms with Gasteiger partial charge in [-0.3, -0.25) is 9.59 Å². The summed E-state index contributed by atoms with van der Waals surface area (Å²) >= 11 is 0. The van der Waals surface area contributed by atoms with E-state index in [1.807, 2.05) is 36.4 Å². The van der Waals surface area contributed by atoms with Crippen LogP contribution in [0.2, 0.25) is 0 Å². The number of carbonyl (C=O) groups is 1. The van der Waals surface area contributed by atoms with E-state index in [1.165, 1.54) is 18.2 Å². The van der Waals surface area contributed by atoms with E-state index in [1.54, 1.807) is 41.3 Å². The first-order chi connectivity index (χ1) is 19.8. The molecule has 5 rings (SSSR count). The summed E-state index contributed by atoms with van der Waals surface area (Å²) in [5, 5.41) is 0.582. The number of piperidine rings is 1. The molecule has 0 spiro atoms. The molecule has 1 saturated heterocycles. The number of nitrogens with one attached hydrogen (secondary N) is 2. The van der Waals surface area contributed by atoms with E-state index >= 15 is 0 Å². The molecule has 1 aromatic heterocycles. The van der Waals surface area contributed by atoms with E-state index in [0.29, 0.717) is 35.5 Å². The van der Waals surface area contributed by atoms with Crippen LogP contribution in [0.4, 0.5) is 0 Å². The van der Waals surface area contributed by atoms with Crippen LogP contribution in [0, 0.1) is 5.92 Å². The smallest absolute Gasteiger partial charge is 0.248 e. The number of aromatic amines is 1. The SMILES string of the molecule is CN1CCC(CCN(Cc2ccccc2)C(=O)C(NS(=O)(=O)c2ccc3[nH]c(=O)ccc3c2)c2ccccc2)CC1. The highest BCUT2D eigenvalue weighted by Gasteiger charge is 2.31. The van der Waals surface area contributed by atoms with Crippen LogP contribution in [-0.4, -0.2) is 55.8 Å². The minimum absolute atomic E-state index is 0.0201. The largest absolute Gasteiger partial charge is 0.337 e. The van der Waals surface area contributed by atoms with Crippen LogP contribution in [-0.2, 0) is 21.4 Å². The number of carbonyl (C=O) groups excluding carboxylic acids is 1. The number of sulfonamides is 1. The summed E-state index contributed by atoms with van der Waals surface area (Å²) in [4.78, 5) is 32.8. The molecular weight excluding hydrogens is 536 g/mol. The second kappa shape index (κ2) is 12.8. The number of fused-ring (bicyclic) bond motifs is 1. The second-order valence-corrected chi connectivity index (χ2v) is 12.5. The number of aromatic nitrogens is 1. The molecule has 2 N–H and O–H groups in total. The molecular formula is C32H36N4O4S. The molecule has 2 heterocycles. The van der Waals surface area contributed by atoms with Crippen molar-refractivity contribution in [2.45, 2.75) is 36.7 Å². The van der Waals surface area contributed by atoms with Gasteiger partial charge in [-0.25, -0.2) is 8.42 Å². The standard InChI is InChI=1S/C32H36N4O4S/c1-35-19-16-24(17-20-35)18-21-36(23-25-8-4-2-5-9-25)32(38)31(26-10-6-3-7-11-26)34-41(39,40)28-13-14-29-27(22-28)12-15-30(37)33-29/h2-15,22,24,31,34H,16-21,23H2,1H3,(H,33,37). The summed E-state index contributed by atoms with van der Waals surface area (Å²) in [6.45, 7) is 3.02. The monoisotopic (exact) mass is 572 g/mol. The minimum Gasteiger partial charge on any atom is -0.337 e. The first kappa shape index (κ1) is 28.7. The first-order valence-electron chi connectivity index (χ1n) is 14.0. The number of likely N-dealkylation sites (tertiary alicyclic amines) is 1. The van der Waals surface area contributed by atoms with Gasteiger partial charge in [-0.1, -0.05) is 60.7 Å².